The van der Waals surface area contributed by atoms with Gasteiger partial charge in [0.1, 0.15) is 0 Å². The summed E-state index contributed by atoms with van der Waals surface area (Å²) in [5.74, 6) is 0.732. The Morgan fingerprint density at radius 2 is 1.95 bits per heavy atom. The summed E-state index contributed by atoms with van der Waals surface area (Å²) in [4.78, 5) is 4.51. The lowest BCUT2D eigenvalue weighted by Gasteiger charge is -2.18. The van der Waals surface area contributed by atoms with E-state index in [1.807, 2.05) is 13.0 Å². The number of aryl methyl sites for hydroxylation is 1. The quantitative estimate of drug-likeness (QED) is 0.850. The summed E-state index contributed by atoms with van der Waals surface area (Å²) in [5, 5.41) is 3.40. The molecule has 3 heteroatoms. The third-order valence-electron chi connectivity index (χ3n) is 2.97. The fourth-order valence-electron chi connectivity index (χ4n) is 1.61. The monoisotopic (exact) mass is 264 g/mol. The lowest BCUT2D eigenvalue weighted by atomic mass is 9.93. The Hall–Kier alpha value is -1.09. The fourth-order valence-corrected chi connectivity index (χ4v) is 1.61. The Bertz CT molecular complexity index is 394. The van der Waals surface area contributed by atoms with E-state index in [-0.39, 0.29) is 0 Å². The van der Waals surface area contributed by atoms with Gasteiger partial charge in [0.05, 0.1) is 6.61 Å². The van der Waals surface area contributed by atoms with Gasteiger partial charge in [0, 0.05) is 24.3 Å². The number of ether oxygens (including phenoxy) is 1. The van der Waals surface area contributed by atoms with Crippen molar-refractivity contribution >= 4 is 0 Å². The molecule has 0 unspecified atom stereocenters. The van der Waals surface area contributed by atoms with Gasteiger partial charge in [-0.2, -0.15) is 0 Å². The predicted octanol–water partition coefficient (Wildman–Crippen LogP) is 3.70. The van der Waals surface area contributed by atoms with E-state index < -0.39 is 0 Å². The first-order valence-electron chi connectivity index (χ1n) is 7.10. The molecule has 0 saturated heterocycles. The van der Waals surface area contributed by atoms with Crippen LogP contribution in [0.25, 0.3) is 0 Å². The zero-order chi connectivity index (χ0) is 14.5. The van der Waals surface area contributed by atoms with Crippen LogP contribution in [0, 0.1) is 12.3 Å². The van der Waals surface area contributed by atoms with Crippen LogP contribution < -0.4 is 10.1 Å². The van der Waals surface area contributed by atoms with Gasteiger partial charge in [-0.15, -0.1) is 0 Å². The molecule has 0 bridgehead atoms. The molecule has 0 aliphatic carbocycles. The number of hydrogen-bond donors (Lipinski definition) is 1. The molecule has 0 aromatic carbocycles. The van der Waals surface area contributed by atoms with Gasteiger partial charge in [-0.05, 0) is 24.3 Å². The number of aromatic nitrogens is 1. The molecule has 0 spiro atoms. The van der Waals surface area contributed by atoms with E-state index in [9.17, 15) is 0 Å². The van der Waals surface area contributed by atoms with Gasteiger partial charge < -0.3 is 10.1 Å². The number of nitrogens with zero attached hydrogens (tertiary/aromatic N) is 1. The summed E-state index contributed by atoms with van der Waals surface area (Å²) in [6.45, 7) is 14.6. The minimum atomic E-state index is 0.302. The van der Waals surface area contributed by atoms with Gasteiger partial charge in [0.2, 0.25) is 5.88 Å². The van der Waals surface area contributed by atoms with Crippen LogP contribution in [0.15, 0.2) is 12.1 Å². The summed E-state index contributed by atoms with van der Waals surface area (Å²) >= 11 is 0. The standard InChI is InChI=1S/C16H28N2O/c1-12(2)17-11-14-7-8-15(18-13(14)3)19-10-9-16(4,5)6/h7-8,12,17H,9-11H2,1-6H3. The van der Waals surface area contributed by atoms with Gasteiger partial charge in [0.25, 0.3) is 0 Å². The van der Waals surface area contributed by atoms with Crippen molar-refractivity contribution in [2.75, 3.05) is 6.61 Å². The van der Waals surface area contributed by atoms with Crippen LogP contribution in [-0.2, 0) is 6.54 Å². The van der Waals surface area contributed by atoms with Gasteiger partial charge in [0.15, 0.2) is 0 Å². The summed E-state index contributed by atoms with van der Waals surface area (Å²) in [7, 11) is 0. The zero-order valence-corrected chi connectivity index (χ0v) is 13.2. The number of pyridine rings is 1. The van der Waals surface area contributed by atoms with Crippen molar-refractivity contribution in [3.8, 4) is 5.88 Å². The first kappa shape index (κ1) is 16.0. The maximum Gasteiger partial charge on any atom is 0.213 e. The van der Waals surface area contributed by atoms with Gasteiger partial charge in [-0.1, -0.05) is 40.7 Å². The second-order valence-corrected chi connectivity index (χ2v) is 6.59. The average molecular weight is 264 g/mol. The van der Waals surface area contributed by atoms with Crippen LogP contribution >= 0.6 is 0 Å². The topological polar surface area (TPSA) is 34.1 Å². The lowest BCUT2D eigenvalue weighted by Crippen LogP contribution is -2.22. The largest absolute Gasteiger partial charge is 0.478 e. The minimum absolute atomic E-state index is 0.302. The highest BCUT2D eigenvalue weighted by atomic mass is 16.5. The van der Waals surface area contributed by atoms with E-state index in [0.29, 0.717) is 11.5 Å². The third-order valence-corrected chi connectivity index (χ3v) is 2.97. The molecule has 1 N–H and O–H groups in total. The van der Waals surface area contributed by atoms with Gasteiger partial charge in [-0.25, -0.2) is 4.98 Å². The number of hydrogen-bond acceptors (Lipinski definition) is 3. The fraction of sp³-hybridized carbons (Fsp3) is 0.688. The highest BCUT2D eigenvalue weighted by molar-refractivity contribution is 5.24. The summed E-state index contributed by atoms with van der Waals surface area (Å²) in [6, 6.07) is 4.55. The lowest BCUT2D eigenvalue weighted by molar-refractivity contribution is 0.236. The molecule has 108 valence electrons. The van der Waals surface area contributed by atoms with Crippen LogP contribution in [-0.4, -0.2) is 17.6 Å². The van der Waals surface area contributed by atoms with Crippen molar-refractivity contribution in [2.45, 2.75) is 60.5 Å². The van der Waals surface area contributed by atoms with E-state index in [1.54, 1.807) is 0 Å². The maximum absolute atomic E-state index is 5.71. The molecule has 1 aromatic rings. The minimum Gasteiger partial charge on any atom is -0.478 e. The Kier molecular flexibility index (Phi) is 5.80. The first-order chi connectivity index (χ1) is 8.78. The number of nitrogens with one attached hydrogen (secondary N) is 1. The third kappa shape index (κ3) is 6.58. The second-order valence-electron chi connectivity index (χ2n) is 6.59. The van der Waals surface area contributed by atoms with Crippen LogP contribution in [0.4, 0.5) is 0 Å². The van der Waals surface area contributed by atoms with Crippen LogP contribution in [0.3, 0.4) is 0 Å². The van der Waals surface area contributed by atoms with Crippen LogP contribution in [0.5, 0.6) is 5.88 Å². The predicted molar refractivity (Wildman–Crippen MR) is 80.5 cm³/mol. The molecular formula is C16H28N2O. The van der Waals surface area contributed by atoms with Gasteiger partial charge in [-0.3, -0.25) is 0 Å². The molecule has 19 heavy (non-hydrogen) atoms. The highest BCUT2D eigenvalue weighted by Gasteiger charge is 2.10. The molecule has 1 heterocycles. The first-order valence-corrected chi connectivity index (χ1v) is 7.10. The van der Waals surface area contributed by atoms with Gasteiger partial charge >= 0.3 is 0 Å². The van der Waals surface area contributed by atoms with Crippen LogP contribution in [0.1, 0.15) is 52.3 Å². The smallest absolute Gasteiger partial charge is 0.213 e. The molecule has 0 amide bonds. The summed E-state index contributed by atoms with van der Waals surface area (Å²) in [5.41, 5.74) is 2.58. The van der Waals surface area contributed by atoms with Crippen molar-refractivity contribution in [1.29, 1.82) is 0 Å². The van der Waals surface area contributed by atoms with Crippen molar-refractivity contribution < 1.29 is 4.74 Å². The molecule has 0 radical (unpaired) electrons. The SMILES string of the molecule is Cc1nc(OCCC(C)(C)C)ccc1CNC(C)C. The van der Waals surface area contributed by atoms with E-state index >= 15 is 0 Å². The molecule has 0 aliphatic rings. The highest BCUT2D eigenvalue weighted by Crippen LogP contribution is 2.19. The van der Waals surface area contributed by atoms with Crippen molar-refractivity contribution in [2.24, 2.45) is 5.41 Å². The molecule has 0 atom stereocenters. The number of rotatable bonds is 6. The summed E-state index contributed by atoms with van der Waals surface area (Å²) < 4.78 is 5.71. The van der Waals surface area contributed by atoms with Crippen molar-refractivity contribution in [3.05, 3.63) is 23.4 Å². The van der Waals surface area contributed by atoms with E-state index in [2.05, 4.69) is 51.0 Å². The average Bonchev–Trinajstić information content (AvgIpc) is 2.26. The van der Waals surface area contributed by atoms with Crippen LogP contribution in [0.2, 0.25) is 0 Å². The molecule has 0 fully saturated rings. The van der Waals surface area contributed by atoms with Crippen molar-refractivity contribution in [3.63, 3.8) is 0 Å². The zero-order valence-electron chi connectivity index (χ0n) is 13.2. The molecule has 3 nitrogen and oxygen atoms in total. The Morgan fingerprint density at radius 3 is 2.47 bits per heavy atom. The Morgan fingerprint density at radius 1 is 1.26 bits per heavy atom. The van der Waals surface area contributed by atoms with E-state index in [0.717, 1.165) is 31.1 Å². The van der Waals surface area contributed by atoms with E-state index in [4.69, 9.17) is 4.74 Å². The van der Waals surface area contributed by atoms with Crippen molar-refractivity contribution in [1.82, 2.24) is 10.3 Å². The Labute approximate surface area is 117 Å². The molecule has 0 aliphatic heterocycles. The normalized spacial score (nSPS) is 11.9. The Balaban J connectivity index is 2.52. The second kappa shape index (κ2) is 6.90. The molecule has 0 saturated carbocycles. The molecular weight excluding hydrogens is 236 g/mol. The summed E-state index contributed by atoms with van der Waals surface area (Å²) in [6.07, 6.45) is 1.03. The molecule has 1 aromatic heterocycles. The maximum atomic E-state index is 5.71. The molecule has 1 rings (SSSR count). The van der Waals surface area contributed by atoms with E-state index in [1.165, 1.54) is 5.56 Å².